The second-order valence-corrected chi connectivity index (χ2v) is 27.8. The molecule has 0 spiro atoms. The molecule has 87 heavy (non-hydrogen) atoms. The molecule has 0 rings (SSSR count). The third-order valence-electron chi connectivity index (χ3n) is 16.5. The third-order valence-corrected chi connectivity index (χ3v) is 17.5. The maximum absolute atomic E-state index is 12.9. The summed E-state index contributed by atoms with van der Waals surface area (Å²) >= 11 is 0. The number of phosphoric ester groups is 1. The molecule has 0 heterocycles. The van der Waals surface area contributed by atoms with Gasteiger partial charge in [-0.15, -0.1) is 0 Å². The molecule has 0 aromatic heterocycles. The second kappa shape index (κ2) is 67.8. The lowest BCUT2D eigenvalue weighted by Crippen LogP contribution is -2.37. The Morgan fingerprint density at radius 3 is 0.977 bits per heavy atom. The number of hydrogen-bond acceptors (Lipinski definition) is 7. The van der Waals surface area contributed by atoms with Crippen LogP contribution in [0.1, 0.15) is 354 Å². The summed E-state index contributed by atoms with van der Waals surface area (Å²) in [5.74, 6) is -0.803. The van der Waals surface area contributed by atoms with E-state index in [0.29, 0.717) is 17.4 Å². The van der Waals surface area contributed by atoms with E-state index >= 15 is 0 Å². The van der Waals surface area contributed by atoms with E-state index in [4.69, 9.17) is 18.5 Å². The minimum Gasteiger partial charge on any atom is -0.462 e. The summed E-state index contributed by atoms with van der Waals surface area (Å²) < 4.78 is 34.7. The molecule has 9 nitrogen and oxygen atoms in total. The number of carbonyl (C=O) groups excluding carboxylic acids is 2. The topological polar surface area (TPSA) is 108 Å². The summed E-state index contributed by atoms with van der Waals surface area (Å²) in [5, 5.41) is 0. The molecule has 0 saturated heterocycles. The van der Waals surface area contributed by atoms with Crippen molar-refractivity contribution < 1.29 is 42.1 Å². The van der Waals surface area contributed by atoms with Crippen LogP contribution in [0.25, 0.3) is 0 Å². The monoisotopic (exact) mass is 1240 g/mol. The van der Waals surface area contributed by atoms with Crippen molar-refractivity contribution in [1.29, 1.82) is 0 Å². The van der Waals surface area contributed by atoms with E-state index in [9.17, 15) is 19.0 Å². The number of hydrogen-bond donors (Lipinski definition) is 1. The number of carbonyl (C=O) groups is 2. The summed E-state index contributed by atoms with van der Waals surface area (Å²) in [4.78, 5) is 35.9. The van der Waals surface area contributed by atoms with Crippen LogP contribution >= 0.6 is 7.82 Å². The largest absolute Gasteiger partial charge is 0.472 e. The zero-order valence-corrected chi connectivity index (χ0v) is 58.9. The molecule has 2 atom stereocenters. The normalized spacial score (nSPS) is 13.5. The van der Waals surface area contributed by atoms with E-state index in [1.165, 1.54) is 225 Å². The van der Waals surface area contributed by atoms with E-state index in [1.807, 2.05) is 21.1 Å². The minimum atomic E-state index is -4.40. The maximum atomic E-state index is 12.9. The Bertz CT molecular complexity index is 1700. The number of phosphoric acid groups is 1. The molecule has 0 saturated carbocycles. The van der Waals surface area contributed by atoms with Crippen LogP contribution in [0.2, 0.25) is 0 Å². The van der Waals surface area contributed by atoms with Crippen LogP contribution in [0.4, 0.5) is 0 Å². The van der Waals surface area contributed by atoms with Crippen LogP contribution in [-0.4, -0.2) is 74.9 Å². The molecule has 1 N–H and O–H groups in total. The molecule has 10 heteroatoms. The fourth-order valence-electron chi connectivity index (χ4n) is 10.8. The predicted octanol–water partition coefficient (Wildman–Crippen LogP) is 24.3. The van der Waals surface area contributed by atoms with Crippen molar-refractivity contribution in [3.05, 3.63) is 72.9 Å². The van der Waals surface area contributed by atoms with Gasteiger partial charge in [0.2, 0.25) is 0 Å². The van der Waals surface area contributed by atoms with Crippen LogP contribution in [0.3, 0.4) is 0 Å². The lowest BCUT2D eigenvalue weighted by atomic mass is 10.0. The molecule has 0 aromatic carbocycles. The van der Waals surface area contributed by atoms with E-state index in [1.54, 1.807) is 0 Å². The van der Waals surface area contributed by atoms with Crippen molar-refractivity contribution in [2.24, 2.45) is 0 Å². The average molecular weight is 1240 g/mol. The Balaban J connectivity index is 3.95. The number of ether oxygens (including phenoxy) is 2. The molecule has 0 fully saturated rings. The van der Waals surface area contributed by atoms with Gasteiger partial charge in [0.1, 0.15) is 19.8 Å². The van der Waals surface area contributed by atoms with Crippen LogP contribution < -0.4 is 0 Å². The standard InChI is InChI=1S/C77H142NO8P/c1-6-8-10-12-14-16-18-20-22-24-26-28-30-32-33-34-35-36-37-38-39-40-41-42-43-44-46-47-49-51-53-55-57-59-61-63-65-67-69-76(79)83-73-75(74-85-87(81,82)84-72-71-78(3,4)5)86-77(80)70-68-66-64-62-60-58-56-54-52-50-48-45-31-29-27-25-23-21-19-17-15-13-11-9-7-2/h9,11,15,17,21,23,27,29,45,48,52,54,75H,6-8,10,12-14,16,18-20,22,24-26,28,30-44,46-47,49-51,53,55-74H2,1-5H3/p+1/b11-9-,17-15-,23-21-,29-27-,48-45-,54-52-. The highest BCUT2D eigenvalue weighted by atomic mass is 31.2. The lowest BCUT2D eigenvalue weighted by molar-refractivity contribution is -0.870. The Labute approximate surface area is 539 Å². The first kappa shape index (κ1) is 84.5. The van der Waals surface area contributed by atoms with Gasteiger partial charge in [-0.05, 0) is 64.2 Å². The van der Waals surface area contributed by atoms with Gasteiger partial charge in [-0.25, -0.2) is 4.57 Å². The van der Waals surface area contributed by atoms with Gasteiger partial charge in [0.25, 0.3) is 0 Å². The maximum Gasteiger partial charge on any atom is 0.472 e. The van der Waals surface area contributed by atoms with Crippen molar-refractivity contribution in [2.75, 3.05) is 47.5 Å². The lowest BCUT2D eigenvalue weighted by Gasteiger charge is -2.24. The summed E-state index contributed by atoms with van der Waals surface area (Å²) in [5.41, 5.74) is 0. The Kier molecular flexibility index (Phi) is 65.8. The fraction of sp³-hybridized carbons (Fsp3) is 0.818. The average Bonchev–Trinajstić information content (AvgIpc) is 3.49. The molecular formula is C77H143NO8P+. The summed E-state index contributed by atoms with van der Waals surface area (Å²) in [6, 6.07) is 0. The minimum absolute atomic E-state index is 0.0268. The first-order chi connectivity index (χ1) is 42.5. The first-order valence-electron chi connectivity index (χ1n) is 37.2. The van der Waals surface area contributed by atoms with Gasteiger partial charge in [0.15, 0.2) is 6.10 Å². The third kappa shape index (κ3) is 72.4. The summed E-state index contributed by atoms with van der Waals surface area (Å²) in [6.07, 6.45) is 91.9. The number of esters is 2. The Morgan fingerprint density at radius 1 is 0.368 bits per heavy atom. The Hall–Kier alpha value is -2.55. The molecule has 0 amide bonds. The zero-order chi connectivity index (χ0) is 63.4. The van der Waals surface area contributed by atoms with Gasteiger partial charge in [-0.1, -0.05) is 350 Å². The number of quaternary nitrogens is 1. The van der Waals surface area contributed by atoms with Gasteiger partial charge in [-0.2, -0.15) is 0 Å². The van der Waals surface area contributed by atoms with Crippen LogP contribution in [0.5, 0.6) is 0 Å². The number of nitrogens with zero attached hydrogens (tertiary/aromatic N) is 1. The molecule has 508 valence electrons. The fourth-order valence-corrected chi connectivity index (χ4v) is 11.6. The highest BCUT2D eigenvalue weighted by molar-refractivity contribution is 7.47. The van der Waals surface area contributed by atoms with Crippen molar-refractivity contribution in [2.45, 2.75) is 360 Å². The molecule has 0 bridgehead atoms. The highest BCUT2D eigenvalue weighted by Gasteiger charge is 2.27. The SMILES string of the molecule is CC/C=C\C/C=C\C/C=C\C/C=C\C/C=C\C/C=C\CCCCCCCCC(=O)OC(COC(=O)CCCCCCCCCCCCCCCCCCCCCCCCCCCCCCCCCCCCCCCC)COP(=O)(O)OCC[N+](C)(C)C. The molecular weight excluding hydrogens is 1100 g/mol. The van der Waals surface area contributed by atoms with Gasteiger partial charge >= 0.3 is 19.8 Å². The van der Waals surface area contributed by atoms with Gasteiger partial charge in [0.05, 0.1) is 27.7 Å². The summed E-state index contributed by atoms with van der Waals surface area (Å²) in [6.45, 7) is 4.35. The number of allylic oxidation sites excluding steroid dienone is 12. The van der Waals surface area contributed by atoms with Crippen molar-refractivity contribution in [1.82, 2.24) is 0 Å². The molecule has 0 aliphatic carbocycles. The predicted molar refractivity (Wildman–Crippen MR) is 376 cm³/mol. The molecule has 0 radical (unpaired) electrons. The molecule has 0 aliphatic heterocycles. The van der Waals surface area contributed by atoms with E-state index < -0.39 is 26.5 Å². The molecule has 0 aromatic rings. The van der Waals surface area contributed by atoms with Crippen LogP contribution in [-0.2, 0) is 32.7 Å². The molecule has 0 aliphatic rings. The number of likely N-dealkylation sites (N-methyl/N-ethyl adjacent to an activating group) is 1. The zero-order valence-electron chi connectivity index (χ0n) is 58.0. The smallest absolute Gasteiger partial charge is 0.462 e. The van der Waals surface area contributed by atoms with Gasteiger partial charge in [0, 0.05) is 12.8 Å². The van der Waals surface area contributed by atoms with E-state index in [-0.39, 0.29) is 32.0 Å². The first-order valence-corrected chi connectivity index (χ1v) is 38.7. The second-order valence-electron chi connectivity index (χ2n) is 26.3. The van der Waals surface area contributed by atoms with Crippen molar-refractivity contribution in [3.63, 3.8) is 0 Å². The number of rotatable bonds is 69. The molecule has 2 unspecified atom stereocenters. The van der Waals surface area contributed by atoms with Gasteiger partial charge in [-0.3, -0.25) is 18.6 Å². The van der Waals surface area contributed by atoms with E-state index in [0.717, 1.165) is 96.3 Å². The highest BCUT2D eigenvalue weighted by Crippen LogP contribution is 2.43. The summed E-state index contributed by atoms with van der Waals surface area (Å²) in [7, 11) is 1.47. The van der Waals surface area contributed by atoms with Gasteiger partial charge < -0.3 is 18.9 Å². The Morgan fingerprint density at radius 2 is 0.655 bits per heavy atom. The van der Waals surface area contributed by atoms with Crippen molar-refractivity contribution in [3.8, 4) is 0 Å². The number of unbranched alkanes of at least 4 members (excludes halogenated alkanes) is 43. The van der Waals surface area contributed by atoms with E-state index in [2.05, 4.69) is 86.8 Å². The quantitative estimate of drug-likeness (QED) is 0.0211. The van der Waals surface area contributed by atoms with Crippen LogP contribution in [0.15, 0.2) is 72.9 Å². The van der Waals surface area contributed by atoms with Crippen molar-refractivity contribution >= 4 is 19.8 Å². The van der Waals surface area contributed by atoms with Crippen LogP contribution in [0, 0.1) is 0 Å².